The first-order chi connectivity index (χ1) is 55.9. The number of anilines is 3. The van der Waals surface area contributed by atoms with Gasteiger partial charge in [-0.2, -0.15) is 0 Å². The van der Waals surface area contributed by atoms with Gasteiger partial charge in [0.05, 0.1) is 147 Å². The van der Waals surface area contributed by atoms with Crippen molar-refractivity contribution in [3.8, 4) is 86.2 Å². The summed E-state index contributed by atoms with van der Waals surface area (Å²) in [6.45, 7) is 0.623. The zero-order chi connectivity index (χ0) is 84.0. The van der Waals surface area contributed by atoms with Crippen LogP contribution in [-0.4, -0.2) is 178 Å². The third-order valence-electron chi connectivity index (χ3n) is 18.4. The Morgan fingerprint density at radius 3 is 0.974 bits per heavy atom. The zero-order valence-electron chi connectivity index (χ0n) is 65.3. The topological polar surface area (TPSA) is 401 Å². The molecule has 4 fully saturated rings. The molecule has 4 saturated heterocycles. The lowest BCUT2D eigenvalue weighted by atomic mass is 9.89. The summed E-state index contributed by atoms with van der Waals surface area (Å²) >= 11 is 0. The Kier molecular flexibility index (Phi) is 29.7. The molecule has 0 aromatic heterocycles. The summed E-state index contributed by atoms with van der Waals surface area (Å²) in [7, 11) is 17.7. The lowest BCUT2D eigenvalue weighted by Gasteiger charge is -2.46. The number of carbonyl (C=O) groups excluding carboxylic acids is 7. The van der Waals surface area contributed by atoms with Gasteiger partial charge in [0, 0.05) is 37.8 Å². The number of benzene rings is 8. The zero-order valence-corrected chi connectivity index (χ0v) is 65.3. The smallest absolute Gasteiger partial charge is 0.314 e. The number of hydrogen-bond donors (Lipinski definition) is 4. The Hall–Kier alpha value is -13.9. The van der Waals surface area contributed by atoms with Gasteiger partial charge < -0.3 is 101 Å². The second-order valence-electron chi connectivity index (χ2n) is 25.3. The average Bonchev–Trinajstić information content (AvgIpc) is 0.843. The Morgan fingerprint density at radius 1 is 0.371 bits per heavy atom. The number of carboxylic acid groups (broad SMARTS) is 2. The van der Waals surface area contributed by atoms with Crippen molar-refractivity contribution >= 4 is 70.6 Å². The number of ether oxygens (including phenoxy) is 17. The molecule has 0 radical (unpaired) electrons. The number of phenols is 1. The van der Waals surface area contributed by atoms with E-state index in [-0.39, 0.29) is 45.2 Å². The van der Waals surface area contributed by atoms with Crippen LogP contribution in [0.1, 0.15) is 85.9 Å². The van der Waals surface area contributed by atoms with E-state index in [9.17, 15) is 53.4 Å². The molecule has 8 aromatic carbocycles. The number of esters is 4. The number of aliphatic hydroxyl groups excluding tert-OH is 1. The van der Waals surface area contributed by atoms with E-state index in [1.807, 2.05) is 60.7 Å². The Bertz CT molecular complexity index is 4780. The minimum Gasteiger partial charge on any atom is -0.504 e. The van der Waals surface area contributed by atoms with Crippen LogP contribution in [0.5, 0.6) is 86.2 Å². The van der Waals surface area contributed by atoms with Crippen molar-refractivity contribution in [2.75, 3.05) is 100 Å². The highest BCUT2D eigenvalue weighted by Gasteiger charge is 2.54. The van der Waals surface area contributed by atoms with Gasteiger partial charge in [0.2, 0.25) is 29.5 Å². The third kappa shape index (κ3) is 20.0. The van der Waals surface area contributed by atoms with Gasteiger partial charge in [-0.25, -0.2) is 0 Å². The van der Waals surface area contributed by atoms with Crippen molar-refractivity contribution in [1.29, 1.82) is 0 Å². The number of aliphatic hydroxyl groups is 1. The van der Waals surface area contributed by atoms with Gasteiger partial charge in [-0.05, 0) is 64.2 Å². The van der Waals surface area contributed by atoms with Crippen LogP contribution < -0.4 is 81.0 Å². The molecule has 4 heterocycles. The number of phenolic OH excluding ortho intramolecular Hbond substituents is 1. The molecule has 116 heavy (non-hydrogen) atoms. The lowest BCUT2D eigenvalue weighted by Crippen LogP contribution is -2.60. The molecular weight excluding hydrogens is 1520 g/mol. The van der Waals surface area contributed by atoms with E-state index in [1.165, 1.54) is 105 Å². The van der Waals surface area contributed by atoms with Crippen LogP contribution in [0.4, 0.5) is 17.1 Å². The molecule has 0 aliphatic carbocycles. The number of methoxy groups -OCH3 is 12. The second kappa shape index (κ2) is 40.1. The quantitative estimate of drug-likeness (QED) is 0.0132. The monoisotopic (exact) mass is 1610 g/mol. The summed E-state index contributed by atoms with van der Waals surface area (Å²) in [5.74, 6) is -0.981. The Balaban J connectivity index is 0.000000210. The van der Waals surface area contributed by atoms with Gasteiger partial charge >= 0.3 is 35.8 Å². The number of carboxylic acids is 2. The normalized spacial score (nSPS) is 16.8. The minimum atomic E-state index is -1.23. The number of cyclic esters (lactones) is 2. The van der Waals surface area contributed by atoms with E-state index in [0.29, 0.717) is 115 Å². The maximum absolute atomic E-state index is 13.5. The van der Waals surface area contributed by atoms with Crippen molar-refractivity contribution < 1.29 is 146 Å². The fourth-order valence-electron chi connectivity index (χ4n) is 12.7. The maximum Gasteiger partial charge on any atom is 0.314 e. The number of amides is 3. The van der Waals surface area contributed by atoms with Crippen LogP contribution in [0.25, 0.3) is 0 Å². The fraction of sp³-hybridized carbons (Fsp3) is 0.313. The number of rotatable bonds is 32. The number of aliphatic carboxylic acids is 2. The van der Waals surface area contributed by atoms with Crippen LogP contribution in [-0.2, 0) is 70.6 Å². The second-order valence-corrected chi connectivity index (χ2v) is 25.3. The molecule has 12 rings (SSSR count). The first-order valence-corrected chi connectivity index (χ1v) is 35.6. The molecule has 33 heteroatoms. The van der Waals surface area contributed by atoms with E-state index in [1.54, 1.807) is 86.0 Å². The predicted molar refractivity (Wildman–Crippen MR) is 413 cm³/mol. The average molecular weight is 1610 g/mol. The molecule has 4 aliphatic rings. The highest BCUT2D eigenvalue weighted by molar-refractivity contribution is 6.08. The first-order valence-electron chi connectivity index (χ1n) is 35.6. The highest BCUT2D eigenvalue weighted by Crippen LogP contribution is 2.52. The molecule has 8 aromatic rings. The predicted octanol–water partition coefficient (Wildman–Crippen LogP) is 10.3. The standard InChI is InChI=1S/C30H31NO10.C26H27NO7.C23H25NO10.C4H4O3.H2/c1-36-21-11-10-19(14-22(21)40-17-18-8-6-5-7-9-18)27-29(41-26(34)13-12-25(32)33)30(35)31(27)20-15-23(37-2)28(39-4)24(16-20)38-3;1-30-19-11-10-17(12-20(19)34-15-16-8-6-5-7-9-16)23-24(28)26(29)27(23)18-13-21(31-2)25(33-4)22(14-18)32-3;1-30-15-6-5-12(9-14(15)25)20-22(34-19(28)8-7-18(26)27)23(29)24(20)13-10-16(31-2)21(33-4)17(11-13)32-3;5-3-1-2-4(6)7-3;/h5-11,14-16,27,29H,12-13,17H2,1-4H3,(H,32,33);5-14,23-24,28H,15H2,1-4H3;5-6,9-11,20,22,25H,7-8H2,1-4H3,(H,26,27);1-2H2;1H/t27-,29+;23-,24+;20-,22+;;/m000../s1. The van der Waals surface area contributed by atoms with Gasteiger partial charge in [0.15, 0.2) is 75.1 Å². The van der Waals surface area contributed by atoms with Crippen LogP contribution in [0.15, 0.2) is 152 Å². The number of aromatic hydroxyl groups is 1. The van der Waals surface area contributed by atoms with Crippen molar-refractivity contribution in [2.24, 2.45) is 0 Å². The van der Waals surface area contributed by atoms with Crippen LogP contribution >= 0.6 is 0 Å². The van der Waals surface area contributed by atoms with Crippen molar-refractivity contribution in [3.05, 3.63) is 179 Å². The summed E-state index contributed by atoms with van der Waals surface area (Å²) in [5.41, 5.74) is 5.01. The largest absolute Gasteiger partial charge is 0.504 e. The van der Waals surface area contributed by atoms with Crippen LogP contribution in [0.3, 0.4) is 0 Å². The molecule has 4 aliphatic heterocycles. The summed E-state index contributed by atoms with van der Waals surface area (Å²) < 4.78 is 91.6. The minimum absolute atomic E-state index is 0. The molecule has 4 N–H and O–H groups in total. The molecule has 0 unspecified atom stereocenters. The van der Waals surface area contributed by atoms with Gasteiger partial charge in [0.25, 0.3) is 17.7 Å². The number of β-lactam (4-membered cyclic amide) rings is 3. The number of hydrogen-bond acceptors (Lipinski definition) is 28. The SMILES string of the molecule is COc1ccc([C@H]2[C@@H](O)C(=O)N2c2cc(OC)c(OC)c(OC)c2)cc1OCc1ccccc1.COc1ccc([C@H]2[C@@H](OC(=O)CCC(=O)O)C(=O)N2c2cc(OC)c(OC)c(OC)c2)cc1O.COc1ccc([C@H]2[C@@H](OC(=O)CCC(=O)O)C(=O)N2c2cc(OC)c(OC)c(OC)c2)cc1OCc1ccccc1.O=C1CCC(=O)O1.[HH]. The number of carbonyl (C=O) groups is 9. The maximum atomic E-state index is 13.5. The van der Waals surface area contributed by atoms with Crippen molar-refractivity contribution in [3.63, 3.8) is 0 Å². The Morgan fingerprint density at radius 2 is 0.681 bits per heavy atom. The van der Waals surface area contributed by atoms with E-state index < -0.39 is 103 Å². The lowest BCUT2D eigenvalue weighted by molar-refractivity contribution is -0.163. The van der Waals surface area contributed by atoms with E-state index in [0.717, 1.165) is 11.1 Å². The van der Waals surface area contributed by atoms with Crippen LogP contribution in [0, 0.1) is 0 Å². The van der Waals surface area contributed by atoms with E-state index >= 15 is 0 Å². The van der Waals surface area contributed by atoms with Gasteiger partial charge in [-0.15, -0.1) is 0 Å². The molecule has 6 atom stereocenters. The summed E-state index contributed by atoms with van der Waals surface area (Å²) in [4.78, 5) is 110. The molecular formula is C83H89N3O30. The van der Waals surface area contributed by atoms with E-state index in [2.05, 4.69) is 4.74 Å². The third-order valence-corrected chi connectivity index (χ3v) is 18.4. The van der Waals surface area contributed by atoms with Gasteiger partial charge in [-0.3, -0.25) is 57.9 Å². The molecule has 0 spiro atoms. The van der Waals surface area contributed by atoms with E-state index in [4.69, 9.17) is 86.0 Å². The molecule has 0 bridgehead atoms. The molecule has 616 valence electrons. The van der Waals surface area contributed by atoms with Gasteiger partial charge in [-0.1, -0.05) is 78.9 Å². The fourth-order valence-corrected chi connectivity index (χ4v) is 12.7. The van der Waals surface area contributed by atoms with Crippen LogP contribution in [0.2, 0.25) is 0 Å². The summed E-state index contributed by atoms with van der Waals surface area (Å²) in [5, 5.41) is 38.6. The molecule has 0 saturated carbocycles. The highest BCUT2D eigenvalue weighted by atomic mass is 16.6. The summed E-state index contributed by atoms with van der Waals surface area (Å²) in [6.07, 6.45) is -4.70. The van der Waals surface area contributed by atoms with Crippen molar-refractivity contribution in [1.82, 2.24) is 0 Å². The number of nitrogens with zero attached hydrogens (tertiary/aromatic N) is 3. The molecule has 3 amide bonds. The molecule has 33 nitrogen and oxygen atoms in total. The first kappa shape index (κ1) is 86.1. The summed E-state index contributed by atoms with van der Waals surface area (Å²) in [6, 6.07) is 41.9. The Labute approximate surface area is 667 Å². The van der Waals surface area contributed by atoms with Crippen molar-refractivity contribution in [2.45, 2.75) is 88.2 Å². The van der Waals surface area contributed by atoms with Gasteiger partial charge in [0.1, 0.15) is 25.3 Å².